The lowest BCUT2D eigenvalue weighted by molar-refractivity contribution is 0.353. The monoisotopic (exact) mass is 224 g/mol. The van der Waals surface area contributed by atoms with Crippen LogP contribution in [0.1, 0.15) is 19.4 Å². The van der Waals surface area contributed by atoms with Crippen molar-refractivity contribution in [3.05, 3.63) is 35.6 Å². The van der Waals surface area contributed by atoms with Gasteiger partial charge in [0.25, 0.3) is 0 Å². The molecule has 0 aliphatic heterocycles. The van der Waals surface area contributed by atoms with Crippen LogP contribution in [0, 0.1) is 11.2 Å². The van der Waals surface area contributed by atoms with Crippen LogP contribution >= 0.6 is 0 Å². The van der Waals surface area contributed by atoms with E-state index in [1.54, 1.807) is 0 Å². The van der Waals surface area contributed by atoms with Crippen molar-refractivity contribution in [2.24, 2.45) is 11.1 Å². The van der Waals surface area contributed by atoms with Gasteiger partial charge in [0.1, 0.15) is 5.82 Å². The van der Waals surface area contributed by atoms with E-state index in [1.807, 2.05) is 12.1 Å². The summed E-state index contributed by atoms with van der Waals surface area (Å²) in [5, 5.41) is 3.37. The molecule has 16 heavy (non-hydrogen) atoms. The largest absolute Gasteiger partial charge is 0.330 e. The van der Waals surface area contributed by atoms with E-state index in [4.69, 9.17) is 5.73 Å². The molecule has 0 aliphatic carbocycles. The lowest BCUT2D eigenvalue weighted by Gasteiger charge is -2.22. The van der Waals surface area contributed by atoms with Crippen LogP contribution in [0.25, 0.3) is 0 Å². The topological polar surface area (TPSA) is 38.0 Å². The van der Waals surface area contributed by atoms with Gasteiger partial charge in [0.15, 0.2) is 0 Å². The third kappa shape index (κ3) is 4.73. The average molecular weight is 224 g/mol. The molecular weight excluding hydrogens is 203 g/mol. The molecule has 0 saturated heterocycles. The fraction of sp³-hybridized carbons (Fsp3) is 0.538. The molecule has 0 radical (unpaired) electrons. The standard InChI is InChI=1S/C13H21FN2/c1-13(2,9-15)10-16-8-7-11-3-5-12(14)6-4-11/h3-6,16H,7-10,15H2,1-2H3. The number of halogens is 1. The highest BCUT2D eigenvalue weighted by Crippen LogP contribution is 2.10. The molecule has 1 rings (SSSR count). The van der Waals surface area contributed by atoms with Gasteiger partial charge in [-0.15, -0.1) is 0 Å². The van der Waals surface area contributed by atoms with Gasteiger partial charge in [-0.1, -0.05) is 26.0 Å². The van der Waals surface area contributed by atoms with Crippen LogP contribution in [-0.2, 0) is 6.42 Å². The molecule has 0 heterocycles. The Labute approximate surface area is 97.0 Å². The number of nitrogens with two attached hydrogens (primary N) is 1. The first-order chi connectivity index (χ1) is 7.53. The number of benzene rings is 1. The van der Waals surface area contributed by atoms with Gasteiger partial charge in [-0.05, 0) is 42.6 Å². The molecule has 3 N–H and O–H groups in total. The highest BCUT2D eigenvalue weighted by atomic mass is 19.1. The van der Waals surface area contributed by atoms with Crippen molar-refractivity contribution >= 4 is 0 Å². The predicted octanol–water partition coefficient (Wildman–Crippen LogP) is 1.94. The van der Waals surface area contributed by atoms with Crippen LogP contribution in [0.4, 0.5) is 4.39 Å². The van der Waals surface area contributed by atoms with Gasteiger partial charge in [0.2, 0.25) is 0 Å². The van der Waals surface area contributed by atoms with Crippen LogP contribution in [0.2, 0.25) is 0 Å². The quantitative estimate of drug-likeness (QED) is 0.725. The van der Waals surface area contributed by atoms with Crippen molar-refractivity contribution < 1.29 is 4.39 Å². The third-order valence-corrected chi connectivity index (χ3v) is 2.66. The predicted molar refractivity (Wildman–Crippen MR) is 65.8 cm³/mol. The van der Waals surface area contributed by atoms with Crippen LogP contribution in [0.5, 0.6) is 0 Å². The highest BCUT2D eigenvalue weighted by Gasteiger charge is 2.13. The maximum absolute atomic E-state index is 12.6. The summed E-state index contributed by atoms with van der Waals surface area (Å²) in [6.45, 7) is 6.76. The lowest BCUT2D eigenvalue weighted by atomic mass is 9.94. The average Bonchev–Trinajstić information content (AvgIpc) is 2.27. The zero-order chi connectivity index (χ0) is 12.0. The van der Waals surface area contributed by atoms with Crippen molar-refractivity contribution in [2.45, 2.75) is 20.3 Å². The Morgan fingerprint density at radius 1 is 1.25 bits per heavy atom. The molecular formula is C13H21FN2. The summed E-state index contributed by atoms with van der Waals surface area (Å²) >= 11 is 0. The molecule has 1 aromatic rings. The summed E-state index contributed by atoms with van der Waals surface area (Å²) in [5.41, 5.74) is 6.93. The van der Waals surface area contributed by atoms with E-state index in [0.717, 1.165) is 25.1 Å². The number of rotatable bonds is 6. The molecule has 3 heteroatoms. The van der Waals surface area contributed by atoms with Gasteiger partial charge in [0.05, 0.1) is 0 Å². The minimum absolute atomic E-state index is 0.142. The minimum Gasteiger partial charge on any atom is -0.330 e. The molecule has 0 saturated carbocycles. The van der Waals surface area contributed by atoms with Crippen molar-refractivity contribution in [3.8, 4) is 0 Å². The van der Waals surface area contributed by atoms with Crippen LogP contribution in [-0.4, -0.2) is 19.6 Å². The second-order valence-corrected chi connectivity index (χ2v) is 4.92. The SMILES string of the molecule is CC(C)(CN)CNCCc1ccc(F)cc1. The smallest absolute Gasteiger partial charge is 0.123 e. The number of nitrogens with one attached hydrogen (secondary N) is 1. The molecule has 0 aromatic heterocycles. The first-order valence-corrected chi connectivity index (χ1v) is 5.69. The lowest BCUT2D eigenvalue weighted by Crippen LogP contribution is -2.36. The molecule has 0 aliphatic rings. The maximum atomic E-state index is 12.6. The number of hydrogen-bond acceptors (Lipinski definition) is 2. The van der Waals surface area contributed by atoms with E-state index in [0.29, 0.717) is 6.54 Å². The molecule has 0 atom stereocenters. The maximum Gasteiger partial charge on any atom is 0.123 e. The first kappa shape index (κ1) is 13.1. The fourth-order valence-electron chi connectivity index (χ4n) is 1.38. The number of hydrogen-bond donors (Lipinski definition) is 2. The van der Waals surface area contributed by atoms with Crippen molar-refractivity contribution in [2.75, 3.05) is 19.6 Å². The molecule has 0 fully saturated rings. The Morgan fingerprint density at radius 3 is 2.44 bits per heavy atom. The third-order valence-electron chi connectivity index (χ3n) is 2.66. The van der Waals surface area contributed by atoms with Crippen LogP contribution < -0.4 is 11.1 Å². The minimum atomic E-state index is -0.180. The zero-order valence-corrected chi connectivity index (χ0v) is 10.1. The second-order valence-electron chi connectivity index (χ2n) is 4.92. The van der Waals surface area contributed by atoms with Crippen molar-refractivity contribution in [3.63, 3.8) is 0 Å². The zero-order valence-electron chi connectivity index (χ0n) is 10.1. The van der Waals surface area contributed by atoms with Crippen LogP contribution in [0.3, 0.4) is 0 Å². The summed E-state index contributed by atoms with van der Waals surface area (Å²) in [4.78, 5) is 0. The Balaban J connectivity index is 2.23. The Hall–Kier alpha value is -0.930. The Bertz CT molecular complexity index is 306. The van der Waals surface area contributed by atoms with E-state index in [2.05, 4.69) is 19.2 Å². The Kier molecular flexibility index (Phi) is 4.90. The summed E-state index contributed by atoms with van der Waals surface area (Å²) in [7, 11) is 0. The van der Waals surface area contributed by atoms with E-state index < -0.39 is 0 Å². The molecule has 0 spiro atoms. The van der Waals surface area contributed by atoms with Crippen molar-refractivity contribution in [1.29, 1.82) is 0 Å². The second kappa shape index (κ2) is 5.97. The summed E-state index contributed by atoms with van der Waals surface area (Å²) in [5.74, 6) is -0.180. The molecule has 2 nitrogen and oxygen atoms in total. The molecule has 0 unspecified atom stereocenters. The van der Waals surface area contributed by atoms with Crippen LogP contribution in [0.15, 0.2) is 24.3 Å². The fourth-order valence-corrected chi connectivity index (χ4v) is 1.38. The van der Waals surface area contributed by atoms with Gasteiger partial charge in [0, 0.05) is 6.54 Å². The van der Waals surface area contributed by atoms with E-state index in [9.17, 15) is 4.39 Å². The highest BCUT2D eigenvalue weighted by molar-refractivity contribution is 5.16. The molecule has 1 aromatic carbocycles. The van der Waals surface area contributed by atoms with Gasteiger partial charge in [-0.25, -0.2) is 4.39 Å². The van der Waals surface area contributed by atoms with E-state index >= 15 is 0 Å². The van der Waals surface area contributed by atoms with Gasteiger partial charge >= 0.3 is 0 Å². The normalized spacial score (nSPS) is 11.8. The van der Waals surface area contributed by atoms with Gasteiger partial charge in [-0.2, -0.15) is 0 Å². The summed E-state index contributed by atoms with van der Waals surface area (Å²) in [6.07, 6.45) is 0.918. The van der Waals surface area contributed by atoms with E-state index in [1.165, 1.54) is 12.1 Å². The Morgan fingerprint density at radius 2 is 1.88 bits per heavy atom. The first-order valence-electron chi connectivity index (χ1n) is 5.69. The van der Waals surface area contributed by atoms with Gasteiger partial charge < -0.3 is 11.1 Å². The van der Waals surface area contributed by atoms with Gasteiger partial charge in [-0.3, -0.25) is 0 Å². The van der Waals surface area contributed by atoms with Crippen molar-refractivity contribution in [1.82, 2.24) is 5.32 Å². The molecule has 90 valence electrons. The summed E-state index contributed by atoms with van der Waals surface area (Å²) < 4.78 is 12.6. The van der Waals surface area contributed by atoms with E-state index in [-0.39, 0.29) is 11.2 Å². The molecule has 0 bridgehead atoms. The summed E-state index contributed by atoms with van der Waals surface area (Å²) in [6, 6.07) is 6.65. The molecule has 0 amide bonds.